The van der Waals surface area contributed by atoms with E-state index in [-0.39, 0.29) is 0 Å². The van der Waals surface area contributed by atoms with Gasteiger partial charge in [0.1, 0.15) is 12.0 Å². The van der Waals surface area contributed by atoms with Crippen LogP contribution in [-0.2, 0) is 22.5 Å². The Balaban J connectivity index is 0.000000174. The highest BCUT2D eigenvalue weighted by atomic mass is 32.2. The van der Waals surface area contributed by atoms with Crippen LogP contribution in [0.25, 0.3) is 0 Å². The summed E-state index contributed by atoms with van der Waals surface area (Å²) in [4.78, 5) is 10.8. The molecule has 4 aliphatic carbocycles. The van der Waals surface area contributed by atoms with Crippen LogP contribution in [0.1, 0.15) is 83.1 Å². The van der Waals surface area contributed by atoms with Crippen molar-refractivity contribution in [3.63, 3.8) is 0 Å². The average molecular weight is 576 g/mol. The first kappa shape index (κ1) is 30.2. The van der Waals surface area contributed by atoms with E-state index < -0.39 is 11.3 Å². The number of hydrogen-bond donors (Lipinski definition) is 1. The smallest absolute Gasteiger partial charge is 0.288 e. The minimum atomic E-state index is -1.47. The first-order valence-electron chi connectivity index (χ1n) is 16.2. The molecule has 4 aliphatic rings. The molecule has 2 aromatic carbocycles. The molecule has 0 aromatic heterocycles. The molecule has 9 atom stereocenters. The molecule has 4 bridgehead atoms. The van der Waals surface area contributed by atoms with Gasteiger partial charge in [-0.1, -0.05) is 80.4 Å². The highest BCUT2D eigenvalue weighted by molar-refractivity contribution is 7.78. The van der Waals surface area contributed by atoms with E-state index in [0.29, 0.717) is 29.5 Å². The van der Waals surface area contributed by atoms with Crippen molar-refractivity contribution in [3.05, 3.63) is 78.4 Å². The van der Waals surface area contributed by atoms with Gasteiger partial charge in [0.05, 0.1) is 0 Å². The quantitative estimate of drug-likeness (QED) is 0.149. The third-order valence-electron chi connectivity index (χ3n) is 10.5. The minimum Gasteiger partial charge on any atom is -0.389 e. The maximum absolute atomic E-state index is 12.4. The SMILES string of the molecule is CCCC/C=C\C[C@@H]1C(NS(=O)Oc2ccccc2)[C@H]2CC[C@@H]1C2.O=CC[C@H]1[C@@H]2CC[C@@H](C2)[C@@H]1Cc1ccccc1. The van der Waals surface area contributed by atoms with Gasteiger partial charge in [-0.05, 0) is 117 Å². The Labute approximate surface area is 250 Å². The molecule has 4 fully saturated rings. The van der Waals surface area contributed by atoms with Crippen LogP contribution in [0.3, 0.4) is 0 Å². The Morgan fingerprint density at radius 1 is 0.805 bits per heavy atom. The zero-order valence-electron chi connectivity index (χ0n) is 24.7. The van der Waals surface area contributed by atoms with Gasteiger partial charge in [0.2, 0.25) is 0 Å². The second kappa shape index (κ2) is 15.3. The van der Waals surface area contributed by atoms with E-state index in [2.05, 4.69) is 54.1 Å². The summed E-state index contributed by atoms with van der Waals surface area (Å²) >= 11 is -1.47. The Morgan fingerprint density at radius 2 is 1.44 bits per heavy atom. The predicted molar refractivity (Wildman–Crippen MR) is 168 cm³/mol. The molecule has 6 rings (SSSR count). The summed E-state index contributed by atoms with van der Waals surface area (Å²) in [5.74, 6) is 5.88. The van der Waals surface area contributed by atoms with Crippen LogP contribution in [-0.4, -0.2) is 16.5 Å². The van der Waals surface area contributed by atoms with Crippen molar-refractivity contribution >= 4 is 17.6 Å². The van der Waals surface area contributed by atoms with Gasteiger partial charge in [-0.3, -0.25) is 0 Å². The number of unbranched alkanes of at least 4 members (excludes halogenated alkanes) is 2. The van der Waals surface area contributed by atoms with E-state index in [1.54, 1.807) is 0 Å². The number of allylic oxidation sites excluding steroid dienone is 2. The number of benzene rings is 2. The van der Waals surface area contributed by atoms with Gasteiger partial charge in [0, 0.05) is 12.5 Å². The van der Waals surface area contributed by atoms with E-state index in [0.717, 1.165) is 42.8 Å². The van der Waals surface area contributed by atoms with Crippen molar-refractivity contribution in [1.29, 1.82) is 0 Å². The van der Waals surface area contributed by atoms with Crippen LogP contribution in [0, 0.1) is 41.4 Å². The first-order valence-corrected chi connectivity index (χ1v) is 17.3. The summed E-state index contributed by atoms with van der Waals surface area (Å²) in [5.41, 5.74) is 1.45. The van der Waals surface area contributed by atoms with Gasteiger partial charge in [-0.15, -0.1) is 0 Å². The molecule has 0 saturated heterocycles. The fourth-order valence-corrected chi connectivity index (χ4v) is 9.46. The van der Waals surface area contributed by atoms with E-state index in [1.165, 1.54) is 69.8 Å². The molecule has 4 nitrogen and oxygen atoms in total. The second-order valence-corrected chi connectivity index (χ2v) is 13.7. The van der Waals surface area contributed by atoms with E-state index in [1.807, 2.05) is 30.3 Å². The topological polar surface area (TPSA) is 55.4 Å². The third-order valence-corrected chi connectivity index (χ3v) is 11.3. The molecule has 1 N–H and O–H groups in total. The summed E-state index contributed by atoms with van der Waals surface area (Å²) in [5, 5.41) is 0. The summed E-state index contributed by atoms with van der Waals surface area (Å²) in [7, 11) is 0. The van der Waals surface area contributed by atoms with Gasteiger partial charge in [-0.25, -0.2) is 4.72 Å². The number of rotatable bonds is 13. The molecule has 0 spiro atoms. The summed E-state index contributed by atoms with van der Waals surface area (Å²) in [6, 6.07) is 20.5. The number of carbonyl (C=O) groups is 1. The molecule has 41 heavy (non-hydrogen) atoms. The van der Waals surface area contributed by atoms with Crippen LogP contribution >= 0.6 is 0 Å². The molecule has 4 saturated carbocycles. The van der Waals surface area contributed by atoms with Crippen molar-refractivity contribution in [2.75, 3.05) is 0 Å². The monoisotopic (exact) mass is 575 g/mol. The summed E-state index contributed by atoms with van der Waals surface area (Å²) in [6.07, 6.45) is 20.6. The lowest BCUT2D eigenvalue weighted by molar-refractivity contribution is -0.109. The van der Waals surface area contributed by atoms with E-state index in [9.17, 15) is 9.00 Å². The Morgan fingerprint density at radius 3 is 2.15 bits per heavy atom. The summed E-state index contributed by atoms with van der Waals surface area (Å²) < 4.78 is 21.2. The first-order chi connectivity index (χ1) is 20.2. The minimum absolute atomic E-state index is 0.323. The van der Waals surface area contributed by atoms with Crippen molar-refractivity contribution in [2.24, 2.45) is 41.4 Å². The van der Waals surface area contributed by atoms with E-state index >= 15 is 0 Å². The second-order valence-electron chi connectivity index (χ2n) is 12.9. The number of hydrogen-bond acceptors (Lipinski definition) is 3. The zero-order valence-corrected chi connectivity index (χ0v) is 25.6. The van der Waals surface area contributed by atoms with Gasteiger partial charge in [0.15, 0.2) is 0 Å². The maximum atomic E-state index is 12.4. The number of nitrogens with one attached hydrogen (secondary N) is 1. The number of para-hydroxylation sites is 1. The van der Waals surface area contributed by atoms with Crippen LogP contribution in [0.5, 0.6) is 5.75 Å². The average Bonchev–Trinajstić information content (AvgIpc) is 3.79. The van der Waals surface area contributed by atoms with Crippen LogP contribution in [0.2, 0.25) is 0 Å². The van der Waals surface area contributed by atoms with Gasteiger partial charge in [0.25, 0.3) is 11.3 Å². The van der Waals surface area contributed by atoms with Crippen molar-refractivity contribution in [1.82, 2.24) is 4.72 Å². The molecule has 5 heteroatoms. The van der Waals surface area contributed by atoms with Crippen LogP contribution < -0.4 is 8.91 Å². The maximum Gasteiger partial charge on any atom is 0.288 e. The van der Waals surface area contributed by atoms with Crippen molar-refractivity contribution < 1.29 is 13.2 Å². The molecule has 2 unspecified atom stereocenters. The normalized spacial score (nSPS) is 32.1. The zero-order chi connectivity index (χ0) is 28.4. The van der Waals surface area contributed by atoms with Crippen LogP contribution in [0.4, 0.5) is 0 Å². The number of fused-ring (bicyclic) bond motifs is 4. The Kier molecular flexibility index (Phi) is 11.3. The highest BCUT2D eigenvalue weighted by Crippen LogP contribution is 2.54. The van der Waals surface area contributed by atoms with Crippen molar-refractivity contribution in [3.8, 4) is 5.75 Å². The number of aldehydes is 1. The lowest BCUT2D eigenvalue weighted by Gasteiger charge is -2.30. The largest absolute Gasteiger partial charge is 0.389 e. The third kappa shape index (κ3) is 7.99. The molecule has 0 radical (unpaired) electrons. The standard InChI is InChI=1S/C20H29NO2S.C16H20O/c1-2-3-4-5-9-12-19-16-13-14-17(15-16)20(19)21-24(22)23-18-10-7-6-8-11-18;17-9-8-15-13-6-7-14(11-13)16(15)10-12-4-2-1-3-5-12/h5-11,16-17,19-21H,2-4,12-15H2,1H3;1-5,9,13-16H,6-8,10-11H2/b9-5-;/t16-,17+,19+,20?,24?;13-,14+,15+,16+/m11/s1. The molecular weight excluding hydrogens is 526 g/mol. The summed E-state index contributed by atoms with van der Waals surface area (Å²) in [6.45, 7) is 2.23. The lowest BCUT2D eigenvalue weighted by atomic mass is 9.75. The van der Waals surface area contributed by atoms with Crippen molar-refractivity contribution in [2.45, 2.75) is 90.0 Å². The van der Waals surface area contributed by atoms with Crippen LogP contribution in [0.15, 0.2) is 72.8 Å². The molecule has 2 aromatic rings. The van der Waals surface area contributed by atoms with Gasteiger partial charge >= 0.3 is 0 Å². The highest BCUT2D eigenvalue weighted by Gasteiger charge is 2.48. The predicted octanol–water partition coefficient (Wildman–Crippen LogP) is 8.27. The fraction of sp³-hybridized carbons (Fsp3) is 0.583. The van der Waals surface area contributed by atoms with Gasteiger partial charge < -0.3 is 8.98 Å². The van der Waals surface area contributed by atoms with E-state index in [4.69, 9.17) is 4.18 Å². The lowest BCUT2D eigenvalue weighted by Crippen LogP contribution is -2.42. The fourth-order valence-electron chi connectivity index (χ4n) is 8.54. The van der Waals surface area contributed by atoms with Gasteiger partial charge in [-0.2, -0.15) is 4.21 Å². The molecule has 0 heterocycles. The molecular formula is C36H49NO3S. The molecule has 0 aliphatic heterocycles. The molecule has 222 valence electrons. The Bertz CT molecular complexity index is 1120. The molecule has 0 amide bonds. The number of carbonyl (C=O) groups excluding carboxylic acids is 1. The Hall–Kier alpha value is -2.24.